The number of benzene rings is 1. The highest BCUT2D eigenvalue weighted by Crippen LogP contribution is 2.19. The van der Waals surface area contributed by atoms with Crippen LogP contribution >= 0.6 is 0 Å². The molecule has 1 saturated carbocycles. The number of rotatable bonds is 5. The van der Waals surface area contributed by atoms with E-state index in [0.29, 0.717) is 6.54 Å². The number of H-pyrrole nitrogens is 1. The van der Waals surface area contributed by atoms with Crippen LogP contribution in [0.1, 0.15) is 37.7 Å². The van der Waals surface area contributed by atoms with Crippen molar-refractivity contribution in [3.05, 3.63) is 36.0 Å². The number of amides is 2. The number of hydrogen-bond acceptors (Lipinski definition) is 2. The molecule has 1 aliphatic carbocycles. The zero-order valence-electron chi connectivity index (χ0n) is 13.3. The first-order chi connectivity index (χ1) is 11.2. The summed E-state index contributed by atoms with van der Waals surface area (Å²) < 4.78 is 0. The molecule has 3 rings (SSSR count). The van der Waals surface area contributed by atoms with E-state index in [1.54, 1.807) is 0 Å². The number of aliphatic hydroxyl groups is 1. The first-order valence-corrected chi connectivity index (χ1v) is 8.51. The highest BCUT2D eigenvalue weighted by molar-refractivity contribution is 5.83. The lowest BCUT2D eigenvalue weighted by Crippen LogP contribution is -2.49. The Balaban J connectivity index is 1.40. The summed E-state index contributed by atoms with van der Waals surface area (Å²) in [6, 6.07) is 7.98. The Hall–Kier alpha value is -2.01. The lowest BCUT2D eigenvalue weighted by Gasteiger charge is -2.28. The van der Waals surface area contributed by atoms with Crippen molar-refractivity contribution in [1.29, 1.82) is 0 Å². The number of carbonyl (C=O) groups excluding carboxylic acids is 1. The monoisotopic (exact) mass is 315 g/mol. The summed E-state index contributed by atoms with van der Waals surface area (Å²) in [5, 5.41) is 16.9. The van der Waals surface area contributed by atoms with Crippen LogP contribution in [0.25, 0.3) is 10.9 Å². The minimum atomic E-state index is -0.402. The van der Waals surface area contributed by atoms with Gasteiger partial charge in [-0.3, -0.25) is 0 Å². The van der Waals surface area contributed by atoms with Gasteiger partial charge in [-0.05, 0) is 37.3 Å². The maximum absolute atomic E-state index is 11.9. The van der Waals surface area contributed by atoms with E-state index in [1.807, 2.05) is 18.3 Å². The smallest absolute Gasteiger partial charge is 0.315 e. The minimum absolute atomic E-state index is 0.0997. The predicted octanol–water partition coefficient (Wildman–Crippen LogP) is 2.70. The highest BCUT2D eigenvalue weighted by Gasteiger charge is 2.24. The van der Waals surface area contributed by atoms with Gasteiger partial charge in [0.05, 0.1) is 12.1 Å². The van der Waals surface area contributed by atoms with Crippen molar-refractivity contribution >= 4 is 16.9 Å². The van der Waals surface area contributed by atoms with Crippen molar-refractivity contribution in [3.8, 4) is 0 Å². The van der Waals surface area contributed by atoms with E-state index in [9.17, 15) is 9.90 Å². The molecule has 1 aromatic carbocycles. The van der Waals surface area contributed by atoms with Gasteiger partial charge in [0.2, 0.25) is 0 Å². The molecule has 124 valence electrons. The van der Waals surface area contributed by atoms with E-state index >= 15 is 0 Å². The summed E-state index contributed by atoms with van der Waals surface area (Å²) in [5.41, 5.74) is 2.44. The van der Waals surface area contributed by atoms with Crippen molar-refractivity contribution in [2.45, 2.75) is 50.7 Å². The number of fused-ring (bicyclic) bond motifs is 1. The molecular weight excluding hydrogens is 290 g/mol. The molecule has 1 heterocycles. The van der Waals surface area contributed by atoms with Gasteiger partial charge in [0.25, 0.3) is 0 Å². The summed E-state index contributed by atoms with van der Waals surface area (Å²) in [4.78, 5) is 15.2. The third kappa shape index (κ3) is 4.05. The van der Waals surface area contributed by atoms with Crippen molar-refractivity contribution in [2.24, 2.45) is 0 Å². The third-order valence-electron chi connectivity index (χ3n) is 4.63. The number of aryl methyl sites for hydroxylation is 1. The molecule has 0 spiro atoms. The molecule has 0 radical (unpaired) electrons. The topological polar surface area (TPSA) is 77.2 Å². The Kier molecular flexibility index (Phi) is 5.18. The van der Waals surface area contributed by atoms with Crippen LogP contribution < -0.4 is 10.6 Å². The van der Waals surface area contributed by atoms with Crippen molar-refractivity contribution in [2.75, 3.05) is 6.54 Å². The lowest BCUT2D eigenvalue weighted by atomic mass is 9.93. The van der Waals surface area contributed by atoms with Crippen LogP contribution in [-0.2, 0) is 6.42 Å². The molecule has 0 bridgehead atoms. The maximum Gasteiger partial charge on any atom is 0.315 e. The van der Waals surface area contributed by atoms with Crippen LogP contribution in [-0.4, -0.2) is 34.8 Å². The third-order valence-corrected chi connectivity index (χ3v) is 4.63. The molecule has 4 N–H and O–H groups in total. The molecule has 2 unspecified atom stereocenters. The maximum atomic E-state index is 11.9. The number of aromatic nitrogens is 1. The molecule has 23 heavy (non-hydrogen) atoms. The second-order valence-electron chi connectivity index (χ2n) is 6.32. The molecule has 1 aromatic heterocycles. The van der Waals surface area contributed by atoms with Crippen molar-refractivity contribution in [3.63, 3.8) is 0 Å². The van der Waals surface area contributed by atoms with Crippen LogP contribution in [0.3, 0.4) is 0 Å². The first-order valence-electron chi connectivity index (χ1n) is 8.51. The average Bonchev–Trinajstić information content (AvgIpc) is 2.97. The van der Waals surface area contributed by atoms with Gasteiger partial charge in [-0.15, -0.1) is 0 Å². The Morgan fingerprint density at radius 2 is 2.09 bits per heavy atom. The summed E-state index contributed by atoms with van der Waals surface area (Å²) in [6.07, 6.45) is 7.23. The van der Waals surface area contributed by atoms with Crippen LogP contribution in [0.2, 0.25) is 0 Å². The van der Waals surface area contributed by atoms with Crippen LogP contribution in [0.5, 0.6) is 0 Å². The fourth-order valence-corrected chi connectivity index (χ4v) is 3.32. The van der Waals surface area contributed by atoms with E-state index in [1.165, 1.54) is 10.9 Å². The Bertz CT molecular complexity index is 653. The van der Waals surface area contributed by atoms with Gasteiger partial charge in [0, 0.05) is 23.6 Å². The standard InChI is InChI=1S/C18H25N3O2/c22-17-10-4-3-9-16(17)21-18(23)19-11-5-6-13-12-20-15-8-2-1-7-14(13)15/h1-2,7-8,12,16-17,20,22H,3-6,9-11H2,(H2,19,21,23). The van der Waals surface area contributed by atoms with Gasteiger partial charge < -0.3 is 20.7 Å². The molecule has 2 atom stereocenters. The van der Waals surface area contributed by atoms with Gasteiger partial charge in [0.15, 0.2) is 0 Å². The molecule has 5 nitrogen and oxygen atoms in total. The number of nitrogens with one attached hydrogen (secondary N) is 3. The van der Waals surface area contributed by atoms with Gasteiger partial charge in [0.1, 0.15) is 0 Å². The Morgan fingerprint density at radius 3 is 2.96 bits per heavy atom. The van der Waals surface area contributed by atoms with E-state index in [-0.39, 0.29) is 12.1 Å². The van der Waals surface area contributed by atoms with E-state index in [4.69, 9.17) is 0 Å². The molecule has 2 aromatic rings. The summed E-state index contributed by atoms with van der Waals surface area (Å²) in [6.45, 7) is 0.633. The number of urea groups is 1. The highest BCUT2D eigenvalue weighted by atomic mass is 16.3. The minimum Gasteiger partial charge on any atom is -0.391 e. The second kappa shape index (κ2) is 7.51. The van der Waals surface area contributed by atoms with Crippen LogP contribution in [0, 0.1) is 0 Å². The van der Waals surface area contributed by atoms with E-state index < -0.39 is 6.10 Å². The largest absolute Gasteiger partial charge is 0.391 e. The van der Waals surface area contributed by atoms with E-state index in [0.717, 1.165) is 44.0 Å². The van der Waals surface area contributed by atoms with Gasteiger partial charge in [-0.25, -0.2) is 4.79 Å². The number of carbonyl (C=O) groups is 1. The molecular formula is C18H25N3O2. The molecule has 2 amide bonds. The van der Waals surface area contributed by atoms with E-state index in [2.05, 4.69) is 27.8 Å². The molecule has 1 aliphatic rings. The lowest BCUT2D eigenvalue weighted by molar-refractivity contribution is 0.0943. The fourth-order valence-electron chi connectivity index (χ4n) is 3.32. The van der Waals surface area contributed by atoms with Crippen LogP contribution in [0.15, 0.2) is 30.5 Å². The molecule has 1 fully saturated rings. The predicted molar refractivity (Wildman–Crippen MR) is 91.4 cm³/mol. The van der Waals surface area contributed by atoms with Crippen molar-refractivity contribution < 1.29 is 9.90 Å². The normalized spacial score (nSPS) is 21.3. The fraction of sp³-hybridized carbons (Fsp3) is 0.500. The number of aromatic amines is 1. The van der Waals surface area contributed by atoms with Crippen LogP contribution in [0.4, 0.5) is 4.79 Å². The number of para-hydroxylation sites is 1. The quantitative estimate of drug-likeness (QED) is 0.640. The summed E-state index contributed by atoms with van der Waals surface area (Å²) >= 11 is 0. The second-order valence-corrected chi connectivity index (χ2v) is 6.32. The summed E-state index contributed by atoms with van der Waals surface area (Å²) in [7, 11) is 0. The average molecular weight is 315 g/mol. The number of aliphatic hydroxyl groups excluding tert-OH is 1. The molecule has 0 saturated heterocycles. The first kappa shape index (κ1) is 15.9. The number of hydrogen-bond donors (Lipinski definition) is 4. The Labute approximate surface area is 136 Å². The van der Waals surface area contributed by atoms with Gasteiger partial charge in [-0.2, -0.15) is 0 Å². The SMILES string of the molecule is O=C(NCCCc1c[nH]c2ccccc12)NC1CCCCC1O. The van der Waals surface area contributed by atoms with Gasteiger partial charge >= 0.3 is 6.03 Å². The van der Waals surface area contributed by atoms with Crippen molar-refractivity contribution in [1.82, 2.24) is 15.6 Å². The zero-order chi connectivity index (χ0) is 16.1. The Morgan fingerprint density at radius 1 is 1.26 bits per heavy atom. The molecule has 0 aliphatic heterocycles. The zero-order valence-corrected chi connectivity index (χ0v) is 13.3. The molecule has 5 heteroatoms. The summed E-state index contributed by atoms with van der Waals surface area (Å²) in [5.74, 6) is 0. The van der Waals surface area contributed by atoms with Gasteiger partial charge in [-0.1, -0.05) is 31.0 Å².